The molecule has 9 heteroatoms. The number of carbonyl (C=O) groups excluding carboxylic acids is 1. The SMILES string of the molecule is O=C(O)c1cccc(CNC(=O)c2c3cccnc3c(OC(c3ccccc3)c3ccccc3)c3c(O)n(Cc4ccc(F)cc4)cc23)c1. The minimum atomic E-state index is -1.06. The number of carboxylic acid groups (broad SMARTS) is 1. The number of nitrogens with one attached hydrogen (secondary N) is 1. The summed E-state index contributed by atoms with van der Waals surface area (Å²) in [5, 5.41) is 25.5. The van der Waals surface area contributed by atoms with Crippen molar-refractivity contribution in [2.75, 3.05) is 0 Å². The zero-order chi connectivity index (χ0) is 33.9. The van der Waals surface area contributed by atoms with E-state index in [2.05, 4.69) is 10.3 Å². The predicted octanol–water partition coefficient (Wildman–Crippen LogP) is 7.88. The molecule has 7 rings (SSSR count). The van der Waals surface area contributed by atoms with Gasteiger partial charge in [0.25, 0.3) is 5.91 Å². The molecular formula is C40H30FN3O5. The summed E-state index contributed by atoms with van der Waals surface area (Å²) in [6.07, 6.45) is 2.71. The molecule has 3 N–H and O–H groups in total. The second-order valence-electron chi connectivity index (χ2n) is 11.6. The molecule has 0 aliphatic heterocycles. The second-order valence-corrected chi connectivity index (χ2v) is 11.6. The van der Waals surface area contributed by atoms with Crippen molar-refractivity contribution in [3.63, 3.8) is 0 Å². The van der Waals surface area contributed by atoms with Crippen molar-refractivity contribution in [3.8, 4) is 11.6 Å². The van der Waals surface area contributed by atoms with E-state index >= 15 is 0 Å². The Balaban J connectivity index is 1.40. The number of benzene rings is 5. The van der Waals surface area contributed by atoms with Crippen LogP contribution >= 0.6 is 0 Å². The van der Waals surface area contributed by atoms with Crippen molar-refractivity contribution in [2.24, 2.45) is 0 Å². The van der Waals surface area contributed by atoms with Gasteiger partial charge in [-0.3, -0.25) is 9.78 Å². The number of halogens is 1. The first-order chi connectivity index (χ1) is 23.9. The molecule has 0 aliphatic carbocycles. The molecule has 49 heavy (non-hydrogen) atoms. The van der Waals surface area contributed by atoms with Crippen LogP contribution in [0.1, 0.15) is 49.1 Å². The number of aromatic carboxylic acids is 1. The van der Waals surface area contributed by atoms with Crippen LogP contribution in [0.2, 0.25) is 0 Å². The average molecular weight is 652 g/mol. The molecule has 0 spiro atoms. The molecule has 0 fully saturated rings. The molecule has 2 aromatic heterocycles. The van der Waals surface area contributed by atoms with E-state index < -0.39 is 18.0 Å². The van der Waals surface area contributed by atoms with Gasteiger partial charge in [-0.25, -0.2) is 9.18 Å². The molecule has 0 atom stereocenters. The first-order valence-electron chi connectivity index (χ1n) is 15.6. The summed E-state index contributed by atoms with van der Waals surface area (Å²) < 4.78 is 22.2. The highest BCUT2D eigenvalue weighted by atomic mass is 19.1. The minimum Gasteiger partial charge on any atom is -0.494 e. The Hall–Kier alpha value is -6.48. The van der Waals surface area contributed by atoms with Crippen LogP contribution in [0.15, 0.2) is 134 Å². The van der Waals surface area contributed by atoms with E-state index in [1.807, 2.05) is 60.7 Å². The van der Waals surface area contributed by atoms with E-state index in [1.165, 1.54) is 24.3 Å². The molecule has 1 amide bonds. The molecule has 0 aliphatic rings. The highest BCUT2D eigenvalue weighted by molar-refractivity contribution is 6.21. The highest BCUT2D eigenvalue weighted by Gasteiger charge is 2.28. The maximum absolute atomic E-state index is 14.1. The zero-order valence-corrected chi connectivity index (χ0v) is 26.1. The molecule has 8 nitrogen and oxygen atoms in total. The van der Waals surface area contributed by atoms with Gasteiger partial charge in [-0.15, -0.1) is 0 Å². The van der Waals surface area contributed by atoms with Crippen LogP contribution in [0.5, 0.6) is 11.6 Å². The number of carboxylic acids is 1. The van der Waals surface area contributed by atoms with Crippen molar-refractivity contribution >= 4 is 33.6 Å². The lowest BCUT2D eigenvalue weighted by molar-refractivity contribution is 0.0696. The molecule has 0 bridgehead atoms. The van der Waals surface area contributed by atoms with Crippen LogP contribution in [0.3, 0.4) is 0 Å². The maximum Gasteiger partial charge on any atom is 0.335 e. The van der Waals surface area contributed by atoms with E-state index in [9.17, 15) is 24.2 Å². The monoisotopic (exact) mass is 651 g/mol. The molecule has 0 saturated heterocycles. The van der Waals surface area contributed by atoms with Gasteiger partial charge in [0.05, 0.1) is 23.1 Å². The van der Waals surface area contributed by atoms with Gasteiger partial charge < -0.3 is 24.8 Å². The summed E-state index contributed by atoms with van der Waals surface area (Å²) in [7, 11) is 0. The van der Waals surface area contributed by atoms with Gasteiger partial charge in [-0.2, -0.15) is 0 Å². The van der Waals surface area contributed by atoms with E-state index in [0.29, 0.717) is 33.0 Å². The van der Waals surface area contributed by atoms with Gasteiger partial charge in [0.15, 0.2) is 5.75 Å². The Bertz CT molecular complexity index is 2270. The highest BCUT2D eigenvalue weighted by Crippen LogP contribution is 2.45. The Kier molecular flexibility index (Phi) is 8.47. The van der Waals surface area contributed by atoms with Gasteiger partial charge in [-0.05, 0) is 52.6 Å². The quantitative estimate of drug-likeness (QED) is 0.139. The number of amides is 1. The van der Waals surface area contributed by atoms with Crippen LogP contribution in [-0.4, -0.2) is 31.6 Å². The minimum absolute atomic E-state index is 0.0633. The molecule has 2 heterocycles. The molecule has 0 unspecified atom stereocenters. The van der Waals surface area contributed by atoms with Crippen molar-refractivity contribution < 1.29 is 28.9 Å². The first-order valence-corrected chi connectivity index (χ1v) is 15.6. The molecule has 0 saturated carbocycles. The second kappa shape index (κ2) is 13.3. The van der Waals surface area contributed by atoms with E-state index in [1.54, 1.807) is 53.4 Å². The number of ether oxygens (including phenoxy) is 1. The first kappa shape index (κ1) is 31.1. The van der Waals surface area contributed by atoms with E-state index in [-0.39, 0.29) is 35.9 Å². The summed E-state index contributed by atoms with van der Waals surface area (Å²) >= 11 is 0. The lowest BCUT2D eigenvalue weighted by atomic mass is 9.98. The van der Waals surface area contributed by atoms with Gasteiger partial charge >= 0.3 is 5.97 Å². The van der Waals surface area contributed by atoms with Gasteiger partial charge in [-0.1, -0.05) is 91.0 Å². The zero-order valence-electron chi connectivity index (χ0n) is 26.1. The lowest BCUT2D eigenvalue weighted by Crippen LogP contribution is -2.23. The van der Waals surface area contributed by atoms with Crippen molar-refractivity contribution in [2.45, 2.75) is 19.2 Å². The number of fused-ring (bicyclic) bond motifs is 2. The third kappa shape index (κ3) is 6.29. The third-order valence-corrected chi connectivity index (χ3v) is 8.40. The van der Waals surface area contributed by atoms with Gasteiger partial charge in [0.1, 0.15) is 17.4 Å². The molecule has 5 aromatic carbocycles. The number of aromatic nitrogens is 2. The Morgan fingerprint density at radius 2 is 1.51 bits per heavy atom. The van der Waals surface area contributed by atoms with E-state index in [0.717, 1.165) is 16.7 Å². The summed E-state index contributed by atoms with van der Waals surface area (Å²) in [6.45, 7) is 0.252. The van der Waals surface area contributed by atoms with Crippen molar-refractivity contribution in [3.05, 3.63) is 173 Å². The number of hydrogen-bond donors (Lipinski definition) is 3. The Morgan fingerprint density at radius 3 is 2.18 bits per heavy atom. The summed E-state index contributed by atoms with van der Waals surface area (Å²) in [5.74, 6) is -1.74. The lowest BCUT2D eigenvalue weighted by Gasteiger charge is -2.22. The topological polar surface area (TPSA) is 114 Å². The number of nitrogens with zero attached hydrogens (tertiary/aromatic N) is 2. The molecular weight excluding hydrogens is 621 g/mol. The molecule has 0 radical (unpaired) electrons. The maximum atomic E-state index is 14.1. The number of aromatic hydroxyl groups is 1. The number of pyridine rings is 1. The van der Waals surface area contributed by atoms with Crippen LogP contribution < -0.4 is 10.1 Å². The van der Waals surface area contributed by atoms with Crippen molar-refractivity contribution in [1.29, 1.82) is 0 Å². The van der Waals surface area contributed by atoms with Crippen molar-refractivity contribution in [1.82, 2.24) is 14.9 Å². The number of carbonyl (C=O) groups is 2. The van der Waals surface area contributed by atoms with Crippen LogP contribution in [0, 0.1) is 5.82 Å². The van der Waals surface area contributed by atoms with Gasteiger partial charge in [0.2, 0.25) is 5.88 Å². The Morgan fingerprint density at radius 1 is 0.816 bits per heavy atom. The van der Waals surface area contributed by atoms with Gasteiger partial charge in [0, 0.05) is 29.7 Å². The van der Waals surface area contributed by atoms with E-state index in [4.69, 9.17) is 4.74 Å². The fraction of sp³-hybridized carbons (Fsp3) is 0.0750. The Labute approximate surface area is 280 Å². The third-order valence-electron chi connectivity index (χ3n) is 8.40. The summed E-state index contributed by atoms with van der Waals surface area (Å²) in [4.78, 5) is 30.3. The van der Waals surface area contributed by atoms with Crippen LogP contribution in [-0.2, 0) is 13.1 Å². The summed E-state index contributed by atoms with van der Waals surface area (Å²) in [6, 6.07) is 35.2. The smallest absolute Gasteiger partial charge is 0.335 e. The summed E-state index contributed by atoms with van der Waals surface area (Å²) in [5.41, 5.74) is 3.85. The molecule has 242 valence electrons. The number of hydrogen-bond acceptors (Lipinski definition) is 5. The molecule has 7 aromatic rings. The fourth-order valence-corrected chi connectivity index (χ4v) is 6.06. The van der Waals surface area contributed by atoms with Crippen LogP contribution in [0.4, 0.5) is 4.39 Å². The fourth-order valence-electron chi connectivity index (χ4n) is 6.06. The predicted molar refractivity (Wildman–Crippen MR) is 184 cm³/mol. The standard InChI is InChI=1S/C40H30FN3O5/c41-30-18-16-25(17-19-30)23-44-24-32-33(38(45)43-22-26-9-7-14-29(21-26)40(47)48)31-15-8-20-42-35(31)37(34(32)39(44)46)49-36(27-10-3-1-4-11-27)28-12-5-2-6-13-28/h1-21,24,36,46H,22-23H2,(H,43,45)(H,47,48). The number of rotatable bonds is 10. The van der Waals surface area contributed by atoms with Crippen LogP contribution in [0.25, 0.3) is 21.7 Å². The normalized spacial score (nSPS) is 11.2. The largest absolute Gasteiger partial charge is 0.494 e. The average Bonchev–Trinajstić information content (AvgIpc) is 3.45.